The molecule has 3 aromatic rings. The highest BCUT2D eigenvalue weighted by Gasteiger charge is 2.19. The van der Waals surface area contributed by atoms with Crippen molar-refractivity contribution in [2.24, 2.45) is 0 Å². The lowest BCUT2D eigenvalue weighted by Crippen LogP contribution is -2.23. The van der Waals surface area contributed by atoms with Gasteiger partial charge in [0.05, 0.1) is 17.2 Å². The van der Waals surface area contributed by atoms with Crippen LogP contribution in [0.2, 0.25) is 15.1 Å². The predicted octanol–water partition coefficient (Wildman–Crippen LogP) is 5.78. The summed E-state index contributed by atoms with van der Waals surface area (Å²) >= 11 is 17.9. The van der Waals surface area contributed by atoms with Crippen LogP contribution in [0, 0.1) is 0 Å². The first-order valence-corrected chi connectivity index (χ1v) is 12.1. The van der Waals surface area contributed by atoms with Crippen LogP contribution in [-0.2, 0) is 16.6 Å². The summed E-state index contributed by atoms with van der Waals surface area (Å²) < 4.78 is 33.7. The van der Waals surface area contributed by atoms with E-state index < -0.39 is 15.9 Å². The monoisotopic (exact) mass is 512 g/mol. The largest absolute Gasteiger partial charge is 0.492 e. The van der Waals surface area contributed by atoms with Crippen molar-refractivity contribution in [2.45, 2.75) is 18.4 Å². The highest BCUT2D eigenvalue weighted by atomic mass is 35.5. The van der Waals surface area contributed by atoms with Gasteiger partial charge in [0.2, 0.25) is 10.0 Å². The molecule has 0 aliphatic rings. The van der Waals surface area contributed by atoms with Crippen LogP contribution in [0.3, 0.4) is 0 Å². The molecule has 0 aromatic heterocycles. The maximum Gasteiger partial charge on any atom is 0.255 e. The number of nitrogens with one attached hydrogen (secondary N) is 2. The van der Waals surface area contributed by atoms with E-state index in [-0.39, 0.29) is 17.1 Å². The molecule has 0 saturated carbocycles. The number of ether oxygens (including phenoxy) is 1. The van der Waals surface area contributed by atoms with Crippen molar-refractivity contribution >= 4 is 56.4 Å². The Balaban J connectivity index is 1.84. The SMILES string of the molecule is CCOc1ccc(S(=O)(=O)NCc2ccc(Cl)cc2Cl)cc1NC(=O)c1ccc(Cl)cc1. The molecule has 0 fully saturated rings. The summed E-state index contributed by atoms with van der Waals surface area (Å²) in [5.74, 6) is -0.0902. The Morgan fingerprint density at radius 2 is 1.62 bits per heavy atom. The minimum absolute atomic E-state index is 0.0297. The number of hydrogen-bond donors (Lipinski definition) is 2. The second-order valence-electron chi connectivity index (χ2n) is 6.61. The minimum Gasteiger partial charge on any atom is -0.492 e. The van der Waals surface area contributed by atoms with Gasteiger partial charge < -0.3 is 10.1 Å². The number of rotatable bonds is 8. The Kier molecular flexibility index (Phi) is 8.03. The topological polar surface area (TPSA) is 84.5 Å². The molecule has 0 heterocycles. The van der Waals surface area contributed by atoms with Crippen LogP contribution in [0.4, 0.5) is 5.69 Å². The Morgan fingerprint density at radius 3 is 2.28 bits per heavy atom. The van der Waals surface area contributed by atoms with Gasteiger partial charge in [-0.15, -0.1) is 0 Å². The van der Waals surface area contributed by atoms with Crippen molar-refractivity contribution in [2.75, 3.05) is 11.9 Å². The van der Waals surface area contributed by atoms with Crippen LogP contribution in [0.15, 0.2) is 65.6 Å². The Labute approximate surface area is 201 Å². The molecule has 2 N–H and O–H groups in total. The first kappa shape index (κ1) is 24.4. The third kappa shape index (κ3) is 6.15. The third-order valence-corrected chi connectivity index (χ3v) is 6.62. The molecule has 0 unspecified atom stereocenters. The van der Waals surface area contributed by atoms with E-state index in [4.69, 9.17) is 39.5 Å². The molecule has 0 atom stereocenters. The molecule has 0 radical (unpaired) electrons. The lowest BCUT2D eigenvalue weighted by Gasteiger charge is -2.14. The lowest BCUT2D eigenvalue weighted by atomic mass is 10.2. The summed E-state index contributed by atoms with van der Waals surface area (Å²) in [5, 5.41) is 4.00. The average Bonchev–Trinajstić information content (AvgIpc) is 2.75. The van der Waals surface area contributed by atoms with E-state index in [9.17, 15) is 13.2 Å². The number of sulfonamides is 1. The minimum atomic E-state index is -3.91. The van der Waals surface area contributed by atoms with Crippen molar-refractivity contribution in [3.05, 3.63) is 86.9 Å². The molecule has 0 aliphatic carbocycles. The normalized spacial score (nSPS) is 11.2. The smallest absolute Gasteiger partial charge is 0.255 e. The van der Waals surface area contributed by atoms with Crippen LogP contribution in [-0.4, -0.2) is 20.9 Å². The number of carbonyl (C=O) groups is 1. The molecule has 0 bridgehead atoms. The summed E-state index contributed by atoms with van der Waals surface area (Å²) in [6, 6.07) is 15.3. The van der Waals surface area contributed by atoms with Gasteiger partial charge in [-0.25, -0.2) is 13.1 Å². The number of anilines is 1. The fraction of sp³-hybridized carbons (Fsp3) is 0.136. The zero-order chi connectivity index (χ0) is 23.3. The highest BCUT2D eigenvalue weighted by molar-refractivity contribution is 7.89. The van der Waals surface area contributed by atoms with Crippen LogP contribution in [0.5, 0.6) is 5.75 Å². The molecule has 3 rings (SSSR count). The van der Waals surface area contributed by atoms with Crippen molar-refractivity contribution in [1.82, 2.24) is 4.72 Å². The van der Waals surface area contributed by atoms with Crippen LogP contribution >= 0.6 is 34.8 Å². The standard InChI is InChI=1S/C22H19Cl3N2O4S/c1-2-31-21-10-9-18(12-20(21)27-22(28)14-3-6-16(23)7-4-14)32(29,30)26-13-15-5-8-17(24)11-19(15)25/h3-12,26H,2,13H2,1H3,(H,27,28). The summed E-state index contributed by atoms with van der Waals surface area (Å²) in [6.45, 7) is 2.09. The fourth-order valence-corrected chi connectivity index (χ4v) is 4.41. The highest BCUT2D eigenvalue weighted by Crippen LogP contribution is 2.29. The van der Waals surface area contributed by atoms with Crippen molar-refractivity contribution in [1.29, 1.82) is 0 Å². The Morgan fingerprint density at radius 1 is 0.938 bits per heavy atom. The molecule has 6 nitrogen and oxygen atoms in total. The van der Waals surface area contributed by atoms with Gasteiger partial charge in [0.25, 0.3) is 5.91 Å². The van der Waals surface area contributed by atoms with Crippen molar-refractivity contribution in [3.8, 4) is 5.75 Å². The number of benzene rings is 3. The van der Waals surface area contributed by atoms with Gasteiger partial charge >= 0.3 is 0 Å². The van der Waals surface area contributed by atoms with E-state index in [1.165, 1.54) is 24.3 Å². The molecule has 0 spiro atoms. The molecular formula is C22H19Cl3N2O4S. The zero-order valence-corrected chi connectivity index (χ0v) is 19.9. The van der Waals surface area contributed by atoms with E-state index in [2.05, 4.69) is 10.0 Å². The second-order valence-corrected chi connectivity index (χ2v) is 9.66. The first-order chi connectivity index (χ1) is 15.2. The molecule has 168 valence electrons. The van der Waals surface area contributed by atoms with Gasteiger partial charge in [-0.05, 0) is 67.1 Å². The van der Waals surface area contributed by atoms with Gasteiger partial charge in [-0.3, -0.25) is 4.79 Å². The predicted molar refractivity (Wildman–Crippen MR) is 128 cm³/mol. The molecule has 0 aliphatic heterocycles. The first-order valence-electron chi connectivity index (χ1n) is 9.47. The second kappa shape index (κ2) is 10.6. The maximum atomic E-state index is 12.8. The van der Waals surface area contributed by atoms with Gasteiger partial charge in [-0.1, -0.05) is 40.9 Å². The molecule has 0 saturated heterocycles. The average molecular weight is 514 g/mol. The summed E-state index contributed by atoms with van der Waals surface area (Å²) in [4.78, 5) is 12.6. The maximum absolute atomic E-state index is 12.8. The molecule has 10 heteroatoms. The number of amides is 1. The number of halogens is 3. The summed E-state index contributed by atoms with van der Waals surface area (Å²) in [6.07, 6.45) is 0. The van der Waals surface area contributed by atoms with Crippen LogP contribution in [0.25, 0.3) is 0 Å². The number of hydrogen-bond acceptors (Lipinski definition) is 4. The molecule has 3 aromatic carbocycles. The van der Waals surface area contributed by atoms with E-state index in [0.29, 0.717) is 38.6 Å². The van der Waals surface area contributed by atoms with Crippen LogP contribution in [0.1, 0.15) is 22.8 Å². The van der Waals surface area contributed by atoms with Crippen LogP contribution < -0.4 is 14.8 Å². The van der Waals surface area contributed by atoms with E-state index in [1.54, 1.807) is 43.3 Å². The molecular weight excluding hydrogens is 495 g/mol. The zero-order valence-electron chi connectivity index (χ0n) is 16.9. The Hall–Kier alpha value is -2.29. The van der Waals surface area contributed by atoms with E-state index in [1.807, 2.05) is 0 Å². The van der Waals surface area contributed by atoms with Gasteiger partial charge in [0.15, 0.2) is 0 Å². The molecule has 32 heavy (non-hydrogen) atoms. The lowest BCUT2D eigenvalue weighted by molar-refractivity contribution is 0.102. The van der Waals surface area contributed by atoms with Crippen molar-refractivity contribution < 1.29 is 17.9 Å². The van der Waals surface area contributed by atoms with E-state index >= 15 is 0 Å². The van der Waals surface area contributed by atoms with Crippen molar-refractivity contribution in [3.63, 3.8) is 0 Å². The Bertz CT molecular complexity index is 1230. The molecule has 1 amide bonds. The van der Waals surface area contributed by atoms with Gasteiger partial charge in [-0.2, -0.15) is 0 Å². The summed E-state index contributed by atoms with van der Waals surface area (Å²) in [7, 11) is -3.91. The van der Waals surface area contributed by atoms with Gasteiger partial charge in [0.1, 0.15) is 5.75 Å². The fourth-order valence-electron chi connectivity index (χ4n) is 2.77. The van der Waals surface area contributed by atoms with E-state index in [0.717, 1.165) is 0 Å². The quantitative estimate of drug-likeness (QED) is 0.400. The third-order valence-electron chi connectivity index (χ3n) is 4.38. The number of carbonyl (C=O) groups excluding carboxylic acids is 1. The van der Waals surface area contributed by atoms with Gasteiger partial charge in [0, 0.05) is 27.2 Å². The summed E-state index contributed by atoms with van der Waals surface area (Å²) in [5.41, 5.74) is 1.15.